The molecule has 0 aliphatic rings. The number of carbonyl (C=O) groups excluding carboxylic acids is 1. The largest absolute Gasteiger partial charge is 0.322 e. The Labute approximate surface area is 124 Å². The van der Waals surface area contributed by atoms with E-state index in [0.29, 0.717) is 0 Å². The predicted molar refractivity (Wildman–Crippen MR) is 86.8 cm³/mol. The molecule has 0 aliphatic carbocycles. The number of carbonyl (C=O) groups is 1. The lowest BCUT2D eigenvalue weighted by Crippen LogP contribution is -2.15. The zero-order valence-electron chi connectivity index (χ0n) is 12.3. The smallest absolute Gasteiger partial charge is 0.256 e. The molecule has 2 aromatic carbocycles. The lowest BCUT2D eigenvalue weighted by atomic mass is 9.99. The van der Waals surface area contributed by atoms with Crippen molar-refractivity contribution >= 4 is 23.4 Å². The van der Waals surface area contributed by atoms with Crippen molar-refractivity contribution in [2.24, 2.45) is 0 Å². The third-order valence-electron chi connectivity index (χ3n) is 3.23. The minimum atomic E-state index is -0.0433. The van der Waals surface area contributed by atoms with Gasteiger partial charge in [0.15, 0.2) is 0 Å². The molecule has 0 saturated heterocycles. The van der Waals surface area contributed by atoms with E-state index in [1.54, 1.807) is 11.8 Å². The average Bonchev–Trinajstić information content (AvgIpc) is 2.37. The van der Waals surface area contributed by atoms with Crippen molar-refractivity contribution in [2.75, 3.05) is 11.6 Å². The Balaban J connectivity index is 2.28. The molecule has 3 heteroatoms. The molecule has 1 N–H and O–H groups in total. The van der Waals surface area contributed by atoms with Gasteiger partial charge >= 0.3 is 0 Å². The third kappa shape index (κ3) is 3.23. The highest BCUT2D eigenvalue weighted by molar-refractivity contribution is 7.98. The topological polar surface area (TPSA) is 29.1 Å². The minimum Gasteiger partial charge on any atom is -0.322 e. The lowest BCUT2D eigenvalue weighted by Gasteiger charge is -2.12. The van der Waals surface area contributed by atoms with Crippen LogP contribution in [0.15, 0.2) is 41.3 Å². The van der Waals surface area contributed by atoms with Gasteiger partial charge in [-0.15, -0.1) is 11.8 Å². The molecule has 2 aromatic rings. The van der Waals surface area contributed by atoms with Crippen molar-refractivity contribution in [1.29, 1.82) is 0 Å². The number of hydrogen-bond donors (Lipinski definition) is 1. The number of anilines is 1. The second-order valence-corrected chi connectivity index (χ2v) is 5.84. The second-order valence-electron chi connectivity index (χ2n) is 4.96. The quantitative estimate of drug-likeness (QED) is 0.836. The van der Waals surface area contributed by atoms with Crippen molar-refractivity contribution < 1.29 is 4.79 Å². The van der Waals surface area contributed by atoms with E-state index in [1.807, 2.05) is 63.4 Å². The zero-order valence-corrected chi connectivity index (χ0v) is 13.1. The van der Waals surface area contributed by atoms with E-state index in [4.69, 9.17) is 0 Å². The van der Waals surface area contributed by atoms with Crippen LogP contribution >= 0.6 is 11.8 Å². The number of amides is 1. The molecule has 104 valence electrons. The van der Waals surface area contributed by atoms with Crippen LogP contribution in [0, 0.1) is 20.8 Å². The van der Waals surface area contributed by atoms with Gasteiger partial charge in [-0.25, -0.2) is 0 Å². The van der Waals surface area contributed by atoms with Crippen LogP contribution in [0.4, 0.5) is 5.69 Å². The molecule has 20 heavy (non-hydrogen) atoms. The van der Waals surface area contributed by atoms with Crippen LogP contribution in [0.5, 0.6) is 0 Å². The summed E-state index contributed by atoms with van der Waals surface area (Å²) in [7, 11) is 0. The van der Waals surface area contributed by atoms with Crippen LogP contribution < -0.4 is 5.32 Å². The molecule has 0 unspecified atom stereocenters. The summed E-state index contributed by atoms with van der Waals surface area (Å²) >= 11 is 1.66. The Morgan fingerprint density at radius 2 is 1.70 bits per heavy atom. The average molecular weight is 285 g/mol. The molecule has 2 rings (SSSR count). The summed E-state index contributed by atoms with van der Waals surface area (Å²) in [5.74, 6) is -0.0433. The van der Waals surface area contributed by atoms with Crippen LogP contribution in [0.2, 0.25) is 0 Å². The molecule has 1 amide bonds. The highest BCUT2D eigenvalue weighted by Crippen LogP contribution is 2.21. The van der Waals surface area contributed by atoms with E-state index in [2.05, 4.69) is 5.32 Å². The van der Waals surface area contributed by atoms with E-state index in [9.17, 15) is 4.79 Å². The predicted octanol–water partition coefficient (Wildman–Crippen LogP) is 4.59. The number of aryl methyl sites for hydroxylation is 3. The van der Waals surface area contributed by atoms with Crippen molar-refractivity contribution in [3.05, 3.63) is 58.7 Å². The van der Waals surface area contributed by atoms with Crippen molar-refractivity contribution in [3.8, 4) is 0 Å². The van der Waals surface area contributed by atoms with Crippen molar-refractivity contribution in [3.63, 3.8) is 0 Å². The molecular formula is C17H19NOS. The van der Waals surface area contributed by atoms with E-state index >= 15 is 0 Å². The summed E-state index contributed by atoms with van der Waals surface area (Å²) in [4.78, 5) is 13.6. The maximum atomic E-state index is 12.4. The van der Waals surface area contributed by atoms with E-state index in [0.717, 1.165) is 27.3 Å². The van der Waals surface area contributed by atoms with Gasteiger partial charge in [0.2, 0.25) is 0 Å². The molecular weight excluding hydrogens is 266 g/mol. The van der Waals surface area contributed by atoms with Gasteiger partial charge in [0, 0.05) is 16.1 Å². The zero-order chi connectivity index (χ0) is 14.7. The molecule has 0 atom stereocenters. The van der Waals surface area contributed by atoms with Gasteiger partial charge in [-0.05, 0) is 56.4 Å². The van der Waals surface area contributed by atoms with Crippen LogP contribution in [0.3, 0.4) is 0 Å². The Morgan fingerprint density at radius 1 is 1.05 bits per heavy atom. The number of nitrogens with one attached hydrogen (secondary N) is 1. The second kappa shape index (κ2) is 6.14. The number of hydrogen-bond acceptors (Lipinski definition) is 2. The molecule has 0 spiro atoms. The summed E-state index contributed by atoms with van der Waals surface area (Å²) in [5.41, 5.74) is 4.81. The van der Waals surface area contributed by atoms with Gasteiger partial charge in [0.25, 0.3) is 5.91 Å². The number of benzene rings is 2. The minimum absolute atomic E-state index is 0.0433. The fraction of sp³-hybridized carbons (Fsp3) is 0.235. The third-order valence-corrected chi connectivity index (χ3v) is 3.96. The summed E-state index contributed by atoms with van der Waals surface area (Å²) < 4.78 is 0. The fourth-order valence-corrected chi connectivity index (χ4v) is 2.89. The maximum Gasteiger partial charge on any atom is 0.256 e. The number of thioether (sulfide) groups is 1. The molecule has 0 heterocycles. The van der Waals surface area contributed by atoms with E-state index in [1.165, 1.54) is 5.56 Å². The molecule has 0 aliphatic heterocycles. The summed E-state index contributed by atoms with van der Waals surface area (Å²) in [5, 5.41) is 2.98. The van der Waals surface area contributed by atoms with Gasteiger partial charge in [0.05, 0.1) is 0 Å². The van der Waals surface area contributed by atoms with Gasteiger partial charge in [0.1, 0.15) is 0 Å². The highest BCUT2D eigenvalue weighted by atomic mass is 32.2. The Hall–Kier alpha value is -1.74. The molecule has 0 bridgehead atoms. The van der Waals surface area contributed by atoms with Gasteiger partial charge in [-0.3, -0.25) is 4.79 Å². The first-order chi connectivity index (χ1) is 9.51. The summed E-state index contributed by atoms with van der Waals surface area (Å²) in [6.07, 6.45) is 2.02. The molecule has 2 nitrogen and oxygen atoms in total. The Morgan fingerprint density at radius 3 is 2.30 bits per heavy atom. The summed E-state index contributed by atoms with van der Waals surface area (Å²) in [6.45, 7) is 6.00. The van der Waals surface area contributed by atoms with Crippen molar-refractivity contribution in [1.82, 2.24) is 0 Å². The van der Waals surface area contributed by atoms with Crippen LogP contribution in [0.1, 0.15) is 27.0 Å². The SMILES string of the molecule is CSc1cccc(NC(=O)c2c(C)cc(C)cc2C)c1. The summed E-state index contributed by atoms with van der Waals surface area (Å²) in [6, 6.07) is 12.0. The van der Waals surface area contributed by atoms with E-state index < -0.39 is 0 Å². The van der Waals surface area contributed by atoms with Crippen LogP contribution in [-0.2, 0) is 0 Å². The van der Waals surface area contributed by atoms with Gasteiger partial charge in [-0.2, -0.15) is 0 Å². The normalized spacial score (nSPS) is 10.4. The Kier molecular flexibility index (Phi) is 4.50. The first kappa shape index (κ1) is 14.7. The van der Waals surface area contributed by atoms with Crippen LogP contribution in [0.25, 0.3) is 0 Å². The monoisotopic (exact) mass is 285 g/mol. The first-order valence-corrected chi connectivity index (χ1v) is 7.77. The first-order valence-electron chi connectivity index (χ1n) is 6.54. The van der Waals surface area contributed by atoms with Gasteiger partial charge < -0.3 is 5.32 Å². The van der Waals surface area contributed by atoms with Crippen LogP contribution in [-0.4, -0.2) is 12.2 Å². The highest BCUT2D eigenvalue weighted by Gasteiger charge is 2.13. The van der Waals surface area contributed by atoms with Crippen molar-refractivity contribution in [2.45, 2.75) is 25.7 Å². The van der Waals surface area contributed by atoms with Gasteiger partial charge in [-0.1, -0.05) is 23.8 Å². The molecule has 0 fully saturated rings. The lowest BCUT2D eigenvalue weighted by molar-refractivity contribution is 0.102. The molecule has 0 saturated carbocycles. The maximum absolute atomic E-state index is 12.4. The standard InChI is InChI=1S/C17H19NOS/c1-11-8-12(2)16(13(3)9-11)17(19)18-14-6-5-7-15(10-14)20-4/h5-10H,1-4H3,(H,18,19). The molecule has 0 radical (unpaired) electrons. The fourth-order valence-electron chi connectivity index (χ4n) is 2.43. The molecule has 0 aromatic heterocycles. The number of rotatable bonds is 3. The van der Waals surface area contributed by atoms with E-state index in [-0.39, 0.29) is 5.91 Å². The Bertz CT molecular complexity index is 626.